The molecule has 0 radical (unpaired) electrons. The number of thiophene rings is 1. The van der Waals surface area contributed by atoms with Crippen LogP contribution in [0.1, 0.15) is 16.7 Å². The molecule has 0 atom stereocenters. The van der Waals surface area contributed by atoms with Gasteiger partial charge in [-0.25, -0.2) is 8.42 Å². The molecule has 2 aromatic rings. The molecule has 0 N–H and O–H groups in total. The Bertz CT molecular complexity index is 711. The van der Waals surface area contributed by atoms with E-state index < -0.39 is 10.0 Å². The lowest BCUT2D eigenvalue weighted by molar-refractivity contribution is 0.596. The Kier molecular flexibility index (Phi) is 4.27. The van der Waals surface area contributed by atoms with Crippen molar-refractivity contribution in [2.45, 2.75) is 25.0 Å². The average Bonchev–Trinajstić information content (AvgIpc) is 2.68. The van der Waals surface area contributed by atoms with Crippen molar-refractivity contribution in [3.05, 3.63) is 44.7 Å². The van der Waals surface area contributed by atoms with Gasteiger partial charge in [0, 0.05) is 7.05 Å². The standard InChI is InChI=1S/C14H16BrNO2S2/c1-9-5-10(2)7-12(6-9)16(4)20(17,18)13-8-11(3)14(15)19-13/h5-8H,1-4H3. The molecular formula is C14H16BrNO2S2. The highest BCUT2D eigenvalue weighted by molar-refractivity contribution is 9.11. The summed E-state index contributed by atoms with van der Waals surface area (Å²) >= 11 is 4.61. The van der Waals surface area contributed by atoms with Gasteiger partial charge < -0.3 is 0 Å². The molecule has 0 amide bonds. The zero-order chi connectivity index (χ0) is 15.1. The molecule has 1 heterocycles. The molecule has 0 aliphatic rings. The van der Waals surface area contributed by atoms with Gasteiger partial charge >= 0.3 is 0 Å². The summed E-state index contributed by atoms with van der Waals surface area (Å²) in [4.78, 5) is 0. The summed E-state index contributed by atoms with van der Waals surface area (Å²) in [5.74, 6) is 0. The number of hydrogen-bond donors (Lipinski definition) is 0. The van der Waals surface area contributed by atoms with Gasteiger partial charge in [0.2, 0.25) is 0 Å². The summed E-state index contributed by atoms with van der Waals surface area (Å²) in [5, 5.41) is 0. The third-order valence-corrected chi connectivity index (χ3v) is 7.39. The Balaban J connectivity index is 2.48. The minimum atomic E-state index is -3.51. The second-order valence-electron chi connectivity index (χ2n) is 4.84. The zero-order valence-corrected chi connectivity index (χ0v) is 15.0. The molecule has 3 nitrogen and oxygen atoms in total. The van der Waals surface area contributed by atoms with Gasteiger partial charge in [-0.05, 0) is 71.6 Å². The first-order chi connectivity index (χ1) is 9.21. The molecule has 1 aromatic heterocycles. The SMILES string of the molecule is Cc1cc(C)cc(N(C)S(=O)(=O)c2cc(C)c(Br)s2)c1. The molecule has 0 saturated heterocycles. The van der Waals surface area contributed by atoms with Crippen LogP contribution in [-0.4, -0.2) is 15.5 Å². The van der Waals surface area contributed by atoms with E-state index in [1.165, 1.54) is 15.6 Å². The summed E-state index contributed by atoms with van der Waals surface area (Å²) in [7, 11) is -1.92. The molecule has 0 spiro atoms. The van der Waals surface area contributed by atoms with Crippen molar-refractivity contribution in [3.8, 4) is 0 Å². The highest BCUT2D eigenvalue weighted by Gasteiger charge is 2.24. The summed E-state index contributed by atoms with van der Waals surface area (Å²) < 4.78 is 27.8. The number of halogens is 1. The summed E-state index contributed by atoms with van der Waals surface area (Å²) in [6, 6.07) is 7.47. The molecular weight excluding hydrogens is 358 g/mol. The summed E-state index contributed by atoms with van der Waals surface area (Å²) in [5.41, 5.74) is 3.71. The van der Waals surface area contributed by atoms with E-state index in [9.17, 15) is 8.42 Å². The number of benzene rings is 1. The van der Waals surface area contributed by atoms with Crippen LogP contribution in [0.4, 0.5) is 5.69 Å². The van der Waals surface area contributed by atoms with Crippen LogP contribution in [0.5, 0.6) is 0 Å². The molecule has 0 unspecified atom stereocenters. The van der Waals surface area contributed by atoms with Crippen LogP contribution in [0.3, 0.4) is 0 Å². The fourth-order valence-corrected chi connectivity index (χ4v) is 5.54. The Labute approximate surface area is 132 Å². The molecule has 6 heteroatoms. The third-order valence-electron chi connectivity index (χ3n) is 3.02. The van der Waals surface area contributed by atoms with E-state index in [1.54, 1.807) is 13.1 Å². The normalized spacial score (nSPS) is 11.7. The fraction of sp³-hybridized carbons (Fsp3) is 0.286. The monoisotopic (exact) mass is 373 g/mol. The van der Waals surface area contributed by atoms with Crippen LogP contribution in [0, 0.1) is 20.8 Å². The molecule has 1 aromatic carbocycles. The molecule has 0 fully saturated rings. The van der Waals surface area contributed by atoms with Crippen LogP contribution < -0.4 is 4.31 Å². The summed E-state index contributed by atoms with van der Waals surface area (Å²) in [6.45, 7) is 5.81. The number of anilines is 1. The van der Waals surface area contributed by atoms with E-state index in [4.69, 9.17) is 0 Å². The minimum absolute atomic E-state index is 0.350. The van der Waals surface area contributed by atoms with Crippen LogP contribution in [0.25, 0.3) is 0 Å². The smallest absolute Gasteiger partial charge is 0.269 e. The molecule has 0 aliphatic carbocycles. The van der Waals surface area contributed by atoms with Crippen molar-refractivity contribution in [2.75, 3.05) is 11.4 Å². The van der Waals surface area contributed by atoms with Crippen molar-refractivity contribution in [1.82, 2.24) is 0 Å². The maximum Gasteiger partial charge on any atom is 0.273 e. The Morgan fingerprint density at radius 1 is 1.05 bits per heavy atom. The lowest BCUT2D eigenvalue weighted by atomic mass is 10.1. The quantitative estimate of drug-likeness (QED) is 0.805. The first kappa shape index (κ1) is 15.5. The first-order valence-electron chi connectivity index (χ1n) is 6.05. The number of hydrogen-bond acceptors (Lipinski definition) is 3. The van der Waals surface area contributed by atoms with E-state index in [0.29, 0.717) is 9.90 Å². The summed E-state index contributed by atoms with van der Waals surface area (Å²) in [6.07, 6.45) is 0. The van der Waals surface area contributed by atoms with Gasteiger partial charge in [0.05, 0.1) is 9.47 Å². The number of rotatable bonds is 3. The second kappa shape index (κ2) is 5.50. The molecule has 108 valence electrons. The lowest BCUT2D eigenvalue weighted by Crippen LogP contribution is -2.25. The van der Waals surface area contributed by atoms with Gasteiger partial charge in [-0.2, -0.15) is 0 Å². The Hall–Kier alpha value is -0.850. The first-order valence-corrected chi connectivity index (χ1v) is 9.10. The van der Waals surface area contributed by atoms with E-state index in [0.717, 1.165) is 20.5 Å². The van der Waals surface area contributed by atoms with Gasteiger partial charge in [-0.1, -0.05) is 6.07 Å². The van der Waals surface area contributed by atoms with Crippen LogP contribution in [0.15, 0.2) is 32.3 Å². The number of aryl methyl sites for hydroxylation is 3. The predicted octanol–water partition coefficient (Wildman–Crippen LogP) is 4.26. The van der Waals surface area contributed by atoms with Crippen molar-refractivity contribution in [2.24, 2.45) is 0 Å². The maximum atomic E-state index is 12.6. The van der Waals surface area contributed by atoms with Crippen molar-refractivity contribution in [3.63, 3.8) is 0 Å². The van der Waals surface area contributed by atoms with Gasteiger partial charge in [-0.3, -0.25) is 4.31 Å². The molecule has 20 heavy (non-hydrogen) atoms. The molecule has 2 rings (SSSR count). The highest BCUT2D eigenvalue weighted by Crippen LogP contribution is 2.33. The fourth-order valence-electron chi connectivity index (χ4n) is 1.97. The van der Waals surface area contributed by atoms with E-state index in [-0.39, 0.29) is 0 Å². The Morgan fingerprint density at radius 3 is 2.05 bits per heavy atom. The van der Waals surface area contributed by atoms with E-state index in [1.807, 2.05) is 39.0 Å². The molecule has 0 saturated carbocycles. The van der Waals surface area contributed by atoms with Gasteiger partial charge in [0.1, 0.15) is 4.21 Å². The molecule has 0 aliphatic heterocycles. The third kappa shape index (κ3) is 2.92. The van der Waals surface area contributed by atoms with E-state index >= 15 is 0 Å². The van der Waals surface area contributed by atoms with Crippen molar-refractivity contribution >= 4 is 43.0 Å². The highest BCUT2D eigenvalue weighted by atomic mass is 79.9. The lowest BCUT2D eigenvalue weighted by Gasteiger charge is -2.19. The van der Waals surface area contributed by atoms with Gasteiger partial charge in [0.15, 0.2) is 0 Å². The topological polar surface area (TPSA) is 37.4 Å². The van der Waals surface area contributed by atoms with Gasteiger partial charge in [0.25, 0.3) is 10.0 Å². The maximum absolute atomic E-state index is 12.6. The van der Waals surface area contributed by atoms with Gasteiger partial charge in [-0.15, -0.1) is 11.3 Å². The number of nitrogens with zero attached hydrogens (tertiary/aromatic N) is 1. The number of sulfonamides is 1. The Morgan fingerprint density at radius 2 is 1.60 bits per heavy atom. The zero-order valence-electron chi connectivity index (χ0n) is 11.8. The van der Waals surface area contributed by atoms with Crippen molar-refractivity contribution < 1.29 is 8.42 Å². The van der Waals surface area contributed by atoms with Crippen LogP contribution in [0.2, 0.25) is 0 Å². The van der Waals surface area contributed by atoms with Crippen molar-refractivity contribution in [1.29, 1.82) is 0 Å². The predicted molar refractivity (Wildman–Crippen MR) is 88.3 cm³/mol. The largest absolute Gasteiger partial charge is 0.273 e. The van der Waals surface area contributed by atoms with Crippen LogP contribution in [-0.2, 0) is 10.0 Å². The minimum Gasteiger partial charge on any atom is -0.269 e. The molecule has 0 bridgehead atoms. The average molecular weight is 374 g/mol. The van der Waals surface area contributed by atoms with E-state index in [2.05, 4.69) is 15.9 Å². The second-order valence-corrected chi connectivity index (χ2v) is 9.41. The van der Waals surface area contributed by atoms with Crippen LogP contribution >= 0.6 is 27.3 Å².